The van der Waals surface area contributed by atoms with Gasteiger partial charge < -0.3 is 19.5 Å². The molecule has 1 heterocycles. The van der Waals surface area contributed by atoms with Crippen LogP contribution in [0.3, 0.4) is 0 Å². The molecule has 0 bridgehead atoms. The van der Waals surface area contributed by atoms with Gasteiger partial charge in [-0.2, -0.15) is 0 Å². The lowest BCUT2D eigenvalue weighted by molar-refractivity contribution is -0.134. The number of pyridine rings is 1. The molecule has 3 aromatic rings. The number of carbonyl (C=O) groups excluding carboxylic acids is 2. The van der Waals surface area contributed by atoms with Crippen LogP contribution in [0.5, 0.6) is 17.2 Å². The van der Waals surface area contributed by atoms with Crippen LogP contribution in [-0.2, 0) is 16.1 Å². The highest BCUT2D eigenvalue weighted by atomic mass is 19.1. The first-order valence-electron chi connectivity index (χ1n) is 12.2. The molecule has 1 N–H and O–H groups in total. The highest BCUT2D eigenvalue weighted by Crippen LogP contribution is 2.45. The van der Waals surface area contributed by atoms with E-state index in [1.54, 1.807) is 31.3 Å². The summed E-state index contributed by atoms with van der Waals surface area (Å²) in [7, 11) is 2.96. The Morgan fingerprint density at radius 2 is 1.76 bits per heavy atom. The molecule has 0 atom stereocenters. The Labute approximate surface area is 221 Å². The number of benzene rings is 2. The summed E-state index contributed by atoms with van der Waals surface area (Å²) in [4.78, 5) is 29.0. The van der Waals surface area contributed by atoms with Crippen LogP contribution in [0.15, 0.2) is 60.3 Å². The Hall–Kier alpha value is -4.46. The molecular formula is C30H29FN2O5. The fourth-order valence-corrected chi connectivity index (χ4v) is 4.33. The number of esters is 1. The van der Waals surface area contributed by atoms with Gasteiger partial charge in [0.2, 0.25) is 11.7 Å². The molecule has 196 valence electrons. The number of hydrogen-bond donors (Lipinski definition) is 1. The van der Waals surface area contributed by atoms with Crippen molar-refractivity contribution < 1.29 is 28.2 Å². The van der Waals surface area contributed by atoms with Crippen LogP contribution in [-0.4, -0.2) is 31.1 Å². The molecule has 0 fully saturated rings. The molecule has 0 saturated heterocycles. The Morgan fingerprint density at radius 3 is 2.39 bits per heavy atom. The predicted molar refractivity (Wildman–Crippen MR) is 143 cm³/mol. The number of aromatic nitrogens is 1. The summed E-state index contributed by atoms with van der Waals surface area (Å²) >= 11 is 0. The quantitative estimate of drug-likeness (QED) is 0.295. The lowest BCUT2D eigenvalue weighted by Crippen LogP contribution is -2.23. The molecule has 1 aliphatic carbocycles. The highest BCUT2D eigenvalue weighted by molar-refractivity contribution is 6.08. The minimum absolute atomic E-state index is 0.0883. The summed E-state index contributed by atoms with van der Waals surface area (Å²) in [6.45, 7) is 3.92. The number of nitrogens with one attached hydrogen (secondary N) is 1. The third-order valence-corrected chi connectivity index (χ3v) is 6.28. The Kier molecular flexibility index (Phi) is 8.21. The van der Waals surface area contributed by atoms with E-state index in [1.807, 2.05) is 31.2 Å². The van der Waals surface area contributed by atoms with Crippen molar-refractivity contribution in [2.75, 3.05) is 14.2 Å². The number of carbonyl (C=O) groups is 2. The third-order valence-electron chi connectivity index (χ3n) is 6.28. The molecule has 0 radical (unpaired) electrons. The maximum absolute atomic E-state index is 14.3. The Morgan fingerprint density at radius 1 is 1.03 bits per heavy atom. The van der Waals surface area contributed by atoms with Crippen molar-refractivity contribution >= 4 is 29.1 Å². The predicted octanol–water partition coefficient (Wildman–Crippen LogP) is 5.59. The average molecular weight is 517 g/mol. The lowest BCUT2D eigenvalue weighted by atomic mass is 10.00. The molecule has 38 heavy (non-hydrogen) atoms. The summed E-state index contributed by atoms with van der Waals surface area (Å²) in [6, 6.07) is 13.6. The van der Waals surface area contributed by atoms with Crippen LogP contribution in [0.25, 0.3) is 17.2 Å². The van der Waals surface area contributed by atoms with E-state index in [1.165, 1.54) is 26.4 Å². The van der Waals surface area contributed by atoms with Crippen molar-refractivity contribution in [2.45, 2.75) is 33.2 Å². The molecule has 1 aromatic heterocycles. The molecule has 0 spiro atoms. The minimum atomic E-state index is -0.413. The van der Waals surface area contributed by atoms with Crippen molar-refractivity contribution in [1.82, 2.24) is 10.3 Å². The summed E-state index contributed by atoms with van der Waals surface area (Å²) < 4.78 is 30.7. The smallest absolute Gasteiger partial charge is 0.311 e. The zero-order valence-corrected chi connectivity index (χ0v) is 21.8. The van der Waals surface area contributed by atoms with Crippen LogP contribution in [0, 0.1) is 5.82 Å². The maximum atomic E-state index is 14.3. The molecule has 4 rings (SSSR count). The molecular weight excluding hydrogens is 487 g/mol. The molecule has 1 aliphatic rings. The third kappa shape index (κ3) is 5.75. The summed E-state index contributed by atoms with van der Waals surface area (Å²) in [5.41, 5.74) is 5.41. The molecule has 8 heteroatoms. The van der Waals surface area contributed by atoms with Gasteiger partial charge in [0.25, 0.3) is 0 Å². The molecule has 2 aromatic carbocycles. The van der Waals surface area contributed by atoms with Gasteiger partial charge in [-0.1, -0.05) is 19.1 Å². The number of ether oxygens (including phenoxy) is 3. The summed E-state index contributed by atoms with van der Waals surface area (Å²) in [5.74, 6) is -0.0988. The van der Waals surface area contributed by atoms with Crippen LogP contribution >= 0.6 is 0 Å². The van der Waals surface area contributed by atoms with Gasteiger partial charge in [-0.25, -0.2) is 4.39 Å². The van der Waals surface area contributed by atoms with Crippen molar-refractivity contribution in [3.05, 3.63) is 88.5 Å². The average Bonchev–Trinajstić information content (AvgIpc) is 3.17. The van der Waals surface area contributed by atoms with E-state index < -0.39 is 5.97 Å². The first-order chi connectivity index (χ1) is 18.3. The first kappa shape index (κ1) is 26.6. The van der Waals surface area contributed by atoms with E-state index in [4.69, 9.17) is 14.2 Å². The second-order valence-corrected chi connectivity index (χ2v) is 8.71. The summed E-state index contributed by atoms with van der Waals surface area (Å²) in [5, 5.41) is 2.89. The number of rotatable bonds is 9. The van der Waals surface area contributed by atoms with Crippen LogP contribution in [0.4, 0.5) is 4.39 Å². The van der Waals surface area contributed by atoms with Crippen molar-refractivity contribution in [2.24, 2.45) is 0 Å². The van der Waals surface area contributed by atoms with E-state index in [-0.39, 0.29) is 30.3 Å². The SMILES string of the molecule is CCC(=O)Oc1c(OC)cc(C=C2C(C)=C(CC(=O)NCc3ccccn3)c3cc(F)ccc32)cc1OC. The van der Waals surface area contributed by atoms with E-state index >= 15 is 0 Å². The number of halogens is 1. The fourth-order valence-electron chi connectivity index (χ4n) is 4.33. The number of nitrogens with zero attached hydrogens (tertiary/aromatic N) is 1. The van der Waals surface area contributed by atoms with Gasteiger partial charge in [-0.3, -0.25) is 14.6 Å². The van der Waals surface area contributed by atoms with Crippen LogP contribution < -0.4 is 19.5 Å². The summed E-state index contributed by atoms with van der Waals surface area (Å²) in [6.07, 6.45) is 3.88. The van der Waals surface area contributed by atoms with Gasteiger partial charge in [-0.15, -0.1) is 0 Å². The minimum Gasteiger partial charge on any atom is -0.493 e. The zero-order chi connectivity index (χ0) is 27.2. The molecule has 0 unspecified atom stereocenters. The highest BCUT2D eigenvalue weighted by Gasteiger charge is 2.26. The largest absolute Gasteiger partial charge is 0.493 e. The number of fused-ring (bicyclic) bond motifs is 1. The zero-order valence-electron chi connectivity index (χ0n) is 21.8. The number of methoxy groups -OCH3 is 2. The van der Waals surface area contributed by atoms with Crippen LogP contribution in [0.2, 0.25) is 0 Å². The van der Waals surface area contributed by atoms with Crippen molar-refractivity contribution in [3.8, 4) is 17.2 Å². The van der Waals surface area contributed by atoms with Gasteiger partial charge in [-0.05, 0) is 82.8 Å². The number of allylic oxidation sites excluding steroid dienone is 2. The topological polar surface area (TPSA) is 86.8 Å². The van der Waals surface area contributed by atoms with E-state index in [9.17, 15) is 14.0 Å². The maximum Gasteiger partial charge on any atom is 0.311 e. The standard InChI is InChI=1S/C30H29FN2O5/c1-5-29(35)38-30-26(36-3)13-19(14-27(30)37-4)12-23-18(2)24(25-15-20(31)9-10-22(23)25)16-28(34)33-17-21-8-6-7-11-32-21/h6-15H,5,16-17H2,1-4H3,(H,33,34). The van der Waals surface area contributed by atoms with Gasteiger partial charge in [0.15, 0.2) is 11.5 Å². The van der Waals surface area contributed by atoms with Gasteiger partial charge >= 0.3 is 5.97 Å². The monoisotopic (exact) mass is 516 g/mol. The first-order valence-corrected chi connectivity index (χ1v) is 12.2. The Balaban J connectivity index is 1.69. The molecule has 7 nitrogen and oxygen atoms in total. The normalized spacial score (nSPS) is 13.3. The second-order valence-electron chi connectivity index (χ2n) is 8.71. The fraction of sp³-hybridized carbons (Fsp3) is 0.233. The number of hydrogen-bond acceptors (Lipinski definition) is 6. The van der Waals surface area contributed by atoms with Gasteiger partial charge in [0.05, 0.1) is 32.9 Å². The van der Waals surface area contributed by atoms with Crippen molar-refractivity contribution in [3.63, 3.8) is 0 Å². The van der Waals surface area contributed by atoms with Gasteiger partial charge in [0, 0.05) is 12.6 Å². The van der Waals surface area contributed by atoms with Crippen molar-refractivity contribution in [1.29, 1.82) is 0 Å². The molecule has 0 saturated carbocycles. The molecule has 0 aliphatic heterocycles. The Bertz CT molecular complexity index is 1400. The molecule has 1 amide bonds. The van der Waals surface area contributed by atoms with E-state index in [0.717, 1.165) is 33.5 Å². The second kappa shape index (κ2) is 11.7. The van der Waals surface area contributed by atoms with E-state index in [0.29, 0.717) is 23.6 Å². The van der Waals surface area contributed by atoms with Gasteiger partial charge in [0.1, 0.15) is 5.82 Å². The number of amides is 1. The lowest BCUT2D eigenvalue weighted by Gasteiger charge is -2.14. The van der Waals surface area contributed by atoms with E-state index in [2.05, 4.69) is 10.3 Å². The van der Waals surface area contributed by atoms with Crippen LogP contribution in [0.1, 0.15) is 49.1 Å².